The van der Waals surface area contributed by atoms with Crippen LogP contribution in [0.4, 0.5) is 0 Å². The number of thioether (sulfide) groups is 1. The van der Waals surface area contributed by atoms with Gasteiger partial charge in [0.1, 0.15) is 0 Å². The van der Waals surface area contributed by atoms with E-state index in [0.717, 1.165) is 10.8 Å². The Bertz CT molecular complexity index is 563. The average Bonchev–Trinajstić information content (AvgIpc) is 2.38. The van der Waals surface area contributed by atoms with E-state index in [1.807, 2.05) is 37.0 Å². The summed E-state index contributed by atoms with van der Waals surface area (Å²) in [6, 6.07) is 15.1. The first kappa shape index (κ1) is 15.4. The molecule has 0 aromatic heterocycles. The van der Waals surface area contributed by atoms with Crippen LogP contribution < -0.4 is 5.32 Å². The van der Waals surface area contributed by atoms with Gasteiger partial charge in [-0.3, -0.25) is 0 Å². The molecule has 1 nitrogen and oxygen atoms in total. The third-order valence-corrected chi connectivity index (χ3v) is 4.53. The van der Waals surface area contributed by atoms with E-state index in [0.29, 0.717) is 6.04 Å². The zero-order valence-corrected chi connectivity index (χ0v) is 13.7. The molecule has 0 fully saturated rings. The number of aryl methyl sites for hydroxylation is 2. The number of nitrogens with one attached hydrogen (secondary N) is 1. The minimum Gasteiger partial charge on any atom is -0.312 e. The summed E-state index contributed by atoms with van der Waals surface area (Å²) < 4.78 is 0. The van der Waals surface area contributed by atoms with Gasteiger partial charge in [0.15, 0.2) is 0 Å². The van der Waals surface area contributed by atoms with E-state index < -0.39 is 0 Å². The van der Waals surface area contributed by atoms with Crippen molar-refractivity contribution in [3.8, 4) is 0 Å². The second-order valence-corrected chi connectivity index (χ2v) is 6.56. The van der Waals surface area contributed by atoms with E-state index in [1.54, 1.807) is 0 Å². The van der Waals surface area contributed by atoms with E-state index >= 15 is 0 Å². The number of hydrogen-bond acceptors (Lipinski definition) is 2. The molecule has 1 unspecified atom stereocenters. The van der Waals surface area contributed by atoms with E-state index in [2.05, 4.69) is 43.4 Å². The monoisotopic (exact) mass is 305 g/mol. The molecule has 0 bridgehead atoms. The summed E-state index contributed by atoms with van der Waals surface area (Å²) in [5.74, 6) is 0.986. The van der Waals surface area contributed by atoms with Gasteiger partial charge in [-0.25, -0.2) is 0 Å². The third kappa shape index (κ3) is 4.27. The number of halogens is 1. The molecule has 0 saturated carbocycles. The van der Waals surface area contributed by atoms with Crippen LogP contribution in [0.1, 0.15) is 22.7 Å². The molecule has 106 valence electrons. The lowest BCUT2D eigenvalue weighted by atomic mass is 10.0. The highest BCUT2D eigenvalue weighted by Gasteiger charge is 2.10. The third-order valence-electron chi connectivity index (χ3n) is 3.21. The largest absolute Gasteiger partial charge is 0.312 e. The molecule has 0 aliphatic rings. The molecule has 0 amide bonds. The van der Waals surface area contributed by atoms with Gasteiger partial charge in [-0.2, -0.15) is 0 Å². The van der Waals surface area contributed by atoms with Crippen LogP contribution in [0.3, 0.4) is 0 Å². The van der Waals surface area contributed by atoms with Gasteiger partial charge in [0.2, 0.25) is 0 Å². The van der Waals surface area contributed by atoms with Crippen LogP contribution in [0.5, 0.6) is 0 Å². The molecule has 1 atom stereocenters. The fourth-order valence-corrected chi connectivity index (χ4v) is 3.65. The van der Waals surface area contributed by atoms with E-state index in [9.17, 15) is 0 Å². The Balaban J connectivity index is 2.09. The Morgan fingerprint density at radius 1 is 1.10 bits per heavy atom. The molecular formula is C17H20ClNS. The van der Waals surface area contributed by atoms with Gasteiger partial charge in [-0.15, -0.1) is 11.8 Å². The molecule has 0 radical (unpaired) electrons. The van der Waals surface area contributed by atoms with Crippen molar-refractivity contribution in [1.82, 2.24) is 5.32 Å². The molecule has 0 heterocycles. The number of hydrogen-bond donors (Lipinski definition) is 1. The first-order valence-corrected chi connectivity index (χ1v) is 8.08. The topological polar surface area (TPSA) is 12.0 Å². The first-order chi connectivity index (χ1) is 9.58. The number of rotatable bonds is 5. The molecule has 20 heavy (non-hydrogen) atoms. The molecule has 0 aliphatic heterocycles. The minimum absolute atomic E-state index is 0.345. The zero-order valence-electron chi connectivity index (χ0n) is 12.1. The van der Waals surface area contributed by atoms with E-state index in [4.69, 9.17) is 11.6 Å². The maximum absolute atomic E-state index is 6.02. The molecule has 0 spiro atoms. The fraction of sp³-hybridized carbons (Fsp3) is 0.294. The van der Waals surface area contributed by atoms with Gasteiger partial charge in [-0.05, 0) is 44.7 Å². The number of benzene rings is 2. The van der Waals surface area contributed by atoms with Gasteiger partial charge >= 0.3 is 0 Å². The van der Waals surface area contributed by atoms with Crippen LogP contribution >= 0.6 is 23.4 Å². The highest BCUT2D eigenvalue weighted by atomic mass is 35.5. The maximum atomic E-state index is 6.02. The van der Waals surface area contributed by atoms with Crippen LogP contribution in [-0.2, 0) is 0 Å². The van der Waals surface area contributed by atoms with Crippen molar-refractivity contribution in [3.05, 3.63) is 64.2 Å². The predicted molar refractivity (Wildman–Crippen MR) is 89.9 cm³/mol. The molecule has 2 rings (SSSR count). The molecule has 0 aliphatic carbocycles. The van der Waals surface area contributed by atoms with Gasteiger partial charge in [0, 0.05) is 21.7 Å². The molecule has 2 aromatic rings. The summed E-state index contributed by atoms with van der Waals surface area (Å²) in [5, 5.41) is 4.20. The molecular weight excluding hydrogens is 286 g/mol. The van der Waals surface area contributed by atoms with Crippen molar-refractivity contribution in [3.63, 3.8) is 0 Å². The van der Waals surface area contributed by atoms with Gasteiger partial charge in [0.05, 0.1) is 0 Å². The summed E-state index contributed by atoms with van der Waals surface area (Å²) in [6.07, 6.45) is 0. The Labute approximate surface area is 130 Å². The van der Waals surface area contributed by atoms with Gasteiger partial charge < -0.3 is 5.32 Å². The van der Waals surface area contributed by atoms with Crippen LogP contribution in [0.15, 0.2) is 47.4 Å². The predicted octanol–water partition coefficient (Wildman–Crippen LogP) is 5.01. The molecule has 1 N–H and O–H groups in total. The summed E-state index contributed by atoms with van der Waals surface area (Å²) in [4.78, 5) is 1.21. The second kappa shape index (κ2) is 7.16. The quantitative estimate of drug-likeness (QED) is 0.779. The highest BCUT2D eigenvalue weighted by molar-refractivity contribution is 7.99. The van der Waals surface area contributed by atoms with Crippen molar-refractivity contribution < 1.29 is 0 Å². The smallest absolute Gasteiger partial charge is 0.0417 e. The zero-order chi connectivity index (χ0) is 14.5. The van der Waals surface area contributed by atoms with Crippen LogP contribution in [0.25, 0.3) is 0 Å². The van der Waals surface area contributed by atoms with E-state index in [1.165, 1.54) is 21.6 Å². The van der Waals surface area contributed by atoms with Crippen LogP contribution in [-0.4, -0.2) is 12.8 Å². The van der Waals surface area contributed by atoms with Crippen molar-refractivity contribution >= 4 is 23.4 Å². The normalized spacial score (nSPS) is 12.4. The van der Waals surface area contributed by atoms with Crippen molar-refractivity contribution in [1.29, 1.82) is 0 Å². The second-order valence-electron chi connectivity index (χ2n) is 5.03. The molecule has 0 saturated heterocycles. The molecule has 3 heteroatoms. The summed E-state index contributed by atoms with van der Waals surface area (Å²) in [6.45, 7) is 4.29. The lowest BCUT2D eigenvalue weighted by Crippen LogP contribution is -2.19. The Morgan fingerprint density at radius 2 is 1.80 bits per heavy atom. The lowest BCUT2D eigenvalue weighted by molar-refractivity contribution is 0.661. The van der Waals surface area contributed by atoms with Crippen LogP contribution in [0, 0.1) is 13.8 Å². The highest BCUT2D eigenvalue weighted by Crippen LogP contribution is 2.27. The lowest BCUT2D eigenvalue weighted by Gasteiger charge is -2.17. The Kier molecular flexibility index (Phi) is 5.53. The van der Waals surface area contributed by atoms with Crippen molar-refractivity contribution in [2.75, 3.05) is 12.8 Å². The van der Waals surface area contributed by atoms with Crippen molar-refractivity contribution in [2.24, 2.45) is 0 Å². The standard InChI is InChI=1S/C17H20ClNS/c1-12-7-13(2)9-14(8-12)17(19-3)11-20-16-6-4-5-15(18)10-16/h4-10,17,19H,11H2,1-3H3. The van der Waals surface area contributed by atoms with Crippen molar-refractivity contribution in [2.45, 2.75) is 24.8 Å². The maximum Gasteiger partial charge on any atom is 0.0417 e. The van der Waals surface area contributed by atoms with Gasteiger partial charge in [0.25, 0.3) is 0 Å². The van der Waals surface area contributed by atoms with E-state index in [-0.39, 0.29) is 0 Å². The summed E-state index contributed by atoms with van der Waals surface area (Å²) >= 11 is 7.85. The van der Waals surface area contributed by atoms with Gasteiger partial charge in [-0.1, -0.05) is 47.0 Å². The minimum atomic E-state index is 0.345. The average molecular weight is 306 g/mol. The van der Waals surface area contributed by atoms with Crippen LogP contribution in [0.2, 0.25) is 5.02 Å². The Morgan fingerprint density at radius 3 is 2.40 bits per heavy atom. The molecule has 2 aromatic carbocycles. The Hall–Kier alpha value is -0.960. The first-order valence-electron chi connectivity index (χ1n) is 6.72. The summed E-state index contributed by atoms with van der Waals surface area (Å²) in [7, 11) is 2.01. The summed E-state index contributed by atoms with van der Waals surface area (Å²) in [5.41, 5.74) is 3.97. The fourth-order valence-electron chi connectivity index (χ4n) is 2.29. The SMILES string of the molecule is CNC(CSc1cccc(Cl)c1)c1cc(C)cc(C)c1.